The molecule has 0 unspecified atom stereocenters. The van der Waals surface area contributed by atoms with Gasteiger partial charge in [-0.1, -0.05) is 0 Å². The van der Waals surface area contributed by atoms with Crippen molar-refractivity contribution in [3.05, 3.63) is 70.9 Å². The fraction of sp³-hybridized carbons (Fsp3) is 0.160. The molecule has 8 heteroatoms. The zero-order valence-corrected chi connectivity index (χ0v) is 17.6. The molecule has 1 aliphatic heterocycles. The first kappa shape index (κ1) is 20.6. The lowest BCUT2D eigenvalue weighted by molar-refractivity contribution is 0.370. The van der Waals surface area contributed by atoms with E-state index in [9.17, 15) is 25.2 Å². The molecule has 3 aromatic carbocycles. The maximum atomic E-state index is 12.5. The van der Waals surface area contributed by atoms with Crippen LogP contribution in [-0.2, 0) is 0 Å². The standard InChI is InChI=1S/C25H22N2O6/c28-18-7-5-17(6-8-18)27-11-9-26(10-12-27)16-3-1-15(2-4-16)21-13-19(29)23-22(33-21)14-20(30)24(31)25(23)32/h1-8,13-14,28,30-32H,9-12H2. The summed E-state index contributed by atoms with van der Waals surface area (Å²) in [6.45, 7) is 3.39. The summed E-state index contributed by atoms with van der Waals surface area (Å²) in [6, 6.07) is 17.2. The van der Waals surface area contributed by atoms with Crippen molar-refractivity contribution in [3.63, 3.8) is 0 Å². The Bertz CT molecular complexity index is 1370. The number of benzene rings is 3. The second kappa shape index (κ2) is 7.98. The summed E-state index contributed by atoms with van der Waals surface area (Å²) >= 11 is 0. The van der Waals surface area contributed by atoms with Gasteiger partial charge in [0.25, 0.3) is 0 Å². The van der Waals surface area contributed by atoms with E-state index in [-0.39, 0.29) is 16.7 Å². The highest BCUT2D eigenvalue weighted by Crippen LogP contribution is 2.40. The number of anilines is 2. The molecule has 2 heterocycles. The van der Waals surface area contributed by atoms with Gasteiger partial charge >= 0.3 is 0 Å². The number of hydrogen-bond donors (Lipinski definition) is 4. The van der Waals surface area contributed by atoms with Crippen molar-refractivity contribution in [2.24, 2.45) is 0 Å². The van der Waals surface area contributed by atoms with Crippen LogP contribution in [0.5, 0.6) is 23.0 Å². The van der Waals surface area contributed by atoms with Crippen molar-refractivity contribution in [1.29, 1.82) is 0 Å². The van der Waals surface area contributed by atoms with Crippen molar-refractivity contribution >= 4 is 22.3 Å². The van der Waals surface area contributed by atoms with Gasteiger partial charge in [0.2, 0.25) is 5.75 Å². The van der Waals surface area contributed by atoms with E-state index in [2.05, 4.69) is 9.80 Å². The quantitative estimate of drug-likeness (QED) is 0.353. The first-order valence-electron chi connectivity index (χ1n) is 10.5. The number of piperazine rings is 1. The van der Waals surface area contributed by atoms with Crippen LogP contribution in [0.2, 0.25) is 0 Å². The summed E-state index contributed by atoms with van der Waals surface area (Å²) < 4.78 is 5.73. The Balaban J connectivity index is 1.35. The average molecular weight is 446 g/mol. The van der Waals surface area contributed by atoms with E-state index >= 15 is 0 Å². The van der Waals surface area contributed by atoms with Gasteiger partial charge in [-0.05, 0) is 48.5 Å². The number of phenolic OH excluding ortho intramolecular Hbond substituents is 4. The first-order valence-corrected chi connectivity index (χ1v) is 10.5. The van der Waals surface area contributed by atoms with Crippen LogP contribution in [0.4, 0.5) is 11.4 Å². The third-order valence-corrected chi connectivity index (χ3v) is 5.96. The fourth-order valence-corrected chi connectivity index (χ4v) is 4.14. The minimum absolute atomic E-state index is 0.0141. The molecule has 0 saturated carbocycles. The Kier molecular flexibility index (Phi) is 4.97. The predicted octanol–water partition coefficient (Wildman–Crippen LogP) is 3.61. The van der Waals surface area contributed by atoms with Crippen molar-refractivity contribution in [1.82, 2.24) is 0 Å². The lowest BCUT2D eigenvalue weighted by Gasteiger charge is -2.37. The van der Waals surface area contributed by atoms with Crippen molar-refractivity contribution < 1.29 is 24.8 Å². The number of aromatic hydroxyl groups is 4. The maximum absolute atomic E-state index is 12.5. The molecule has 1 fully saturated rings. The van der Waals surface area contributed by atoms with Crippen LogP contribution in [0.15, 0.2) is 69.9 Å². The highest BCUT2D eigenvalue weighted by Gasteiger charge is 2.19. The fourth-order valence-electron chi connectivity index (χ4n) is 4.14. The van der Waals surface area contributed by atoms with Crippen LogP contribution in [0.3, 0.4) is 0 Å². The number of nitrogens with zero attached hydrogens (tertiary/aromatic N) is 2. The molecule has 33 heavy (non-hydrogen) atoms. The van der Waals surface area contributed by atoms with Crippen molar-refractivity contribution in [2.45, 2.75) is 0 Å². The van der Waals surface area contributed by atoms with Crippen LogP contribution in [0, 0.1) is 0 Å². The van der Waals surface area contributed by atoms with Crippen LogP contribution in [0.1, 0.15) is 0 Å². The van der Waals surface area contributed by atoms with Gasteiger partial charge in [-0.2, -0.15) is 0 Å². The van der Waals surface area contributed by atoms with E-state index in [1.807, 2.05) is 36.4 Å². The molecule has 0 bridgehead atoms. The van der Waals surface area contributed by atoms with E-state index in [0.717, 1.165) is 43.6 Å². The van der Waals surface area contributed by atoms with Crippen molar-refractivity contribution in [2.75, 3.05) is 36.0 Å². The summed E-state index contributed by atoms with van der Waals surface area (Å²) in [5.41, 5.74) is 2.27. The number of fused-ring (bicyclic) bond motifs is 1. The SMILES string of the molecule is O=c1cc(-c2ccc(N3CCN(c4ccc(O)cc4)CC3)cc2)oc2cc(O)c(O)c(O)c12. The highest BCUT2D eigenvalue weighted by molar-refractivity contribution is 5.89. The van der Waals surface area contributed by atoms with Gasteiger partial charge in [0, 0.05) is 55.2 Å². The Labute approximate surface area is 188 Å². The molecule has 4 N–H and O–H groups in total. The third-order valence-electron chi connectivity index (χ3n) is 5.96. The van der Waals surface area contributed by atoms with E-state index in [4.69, 9.17) is 4.42 Å². The van der Waals surface area contributed by atoms with E-state index in [1.54, 1.807) is 12.1 Å². The molecule has 168 valence electrons. The van der Waals surface area contributed by atoms with Crippen molar-refractivity contribution in [3.8, 4) is 34.3 Å². The maximum Gasteiger partial charge on any atom is 0.201 e. The molecule has 1 aliphatic rings. The molecule has 1 saturated heterocycles. The normalized spacial score (nSPS) is 14.1. The predicted molar refractivity (Wildman–Crippen MR) is 125 cm³/mol. The summed E-state index contributed by atoms with van der Waals surface area (Å²) in [6.07, 6.45) is 0. The van der Waals surface area contributed by atoms with E-state index in [1.165, 1.54) is 6.07 Å². The topological polar surface area (TPSA) is 118 Å². The molecule has 8 nitrogen and oxygen atoms in total. The second-order valence-corrected chi connectivity index (χ2v) is 7.98. The van der Waals surface area contributed by atoms with Gasteiger partial charge in [0.15, 0.2) is 16.9 Å². The molecule has 5 rings (SSSR count). The van der Waals surface area contributed by atoms with Gasteiger partial charge < -0.3 is 34.6 Å². The zero-order chi connectivity index (χ0) is 23.1. The van der Waals surface area contributed by atoms with E-state index in [0.29, 0.717) is 11.3 Å². The smallest absolute Gasteiger partial charge is 0.201 e. The first-order chi connectivity index (χ1) is 15.9. The molecule has 4 aromatic rings. The van der Waals surface area contributed by atoms with Gasteiger partial charge in [0.1, 0.15) is 22.5 Å². The molecule has 0 radical (unpaired) electrons. The summed E-state index contributed by atoms with van der Waals surface area (Å²) in [5, 5.41) is 38.7. The third kappa shape index (κ3) is 3.76. The largest absolute Gasteiger partial charge is 0.508 e. The monoisotopic (exact) mass is 446 g/mol. The van der Waals surface area contributed by atoms with Gasteiger partial charge in [-0.15, -0.1) is 0 Å². The minimum Gasteiger partial charge on any atom is -0.508 e. The molecular formula is C25H22N2O6. The molecule has 0 spiro atoms. The van der Waals surface area contributed by atoms with Crippen LogP contribution in [-0.4, -0.2) is 46.6 Å². The number of hydrogen-bond acceptors (Lipinski definition) is 8. The number of rotatable bonds is 3. The lowest BCUT2D eigenvalue weighted by Crippen LogP contribution is -2.46. The minimum atomic E-state index is -0.752. The highest BCUT2D eigenvalue weighted by atomic mass is 16.3. The van der Waals surface area contributed by atoms with Gasteiger partial charge in [0.05, 0.1) is 0 Å². The zero-order valence-electron chi connectivity index (χ0n) is 17.6. The molecule has 0 atom stereocenters. The Morgan fingerprint density at radius 3 is 1.82 bits per heavy atom. The van der Waals surface area contributed by atoms with Crippen LogP contribution < -0.4 is 15.2 Å². The Morgan fingerprint density at radius 2 is 1.24 bits per heavy atom. The molecular weight excluding hydrogens is 424 g/mol. The van der Waals surface area contributed by atoms with Gasteiger partial charge in [-0.25, -0.2) is 0 Å². The second-order valence-electron chi connectivity index (χ2n) is 7.98. The van der Waals surface area contributed by atoms with Gasteiger partial charge in [-0.3, -0.25) is 4.79 Å². The van der Waals surface area contributed by atoms with Crippen LogP contribution >= 0.6 is 0 Å². The van der Waals surface area contributed by atoms with Crippen LogP contribution in [0.25, 0.3) is 22.3 Å². The molecule has 1 aromatic heterocycles. The Morgan fingerprint density at radius 1 is 0.697 bits per heavy atom. The van der Waals surface area contributed by atoms with E-state index < -0.39 is 22.7 Å². The average Bonchev–Trinajstić information content (AvgIpc) is 2.83. The lowest BCUT2D eigenvalue weighted by atomic mass is 10.1. The molecule has 0 amide bonds. The molecule has 0 aliphatic carbocycles. The Hall–Kier alpha value is -4.33. The number of phenols is 4. The summed E-state index contributed by atoms with van der Waals surface area (Å²) in [4.78, 5) is 17.0. The summed E-state index contributed by atoms with van der Waals surface area (Å²) in [7, 11) is 0. The summed E-state index contributed by atoms with van der Waals surface area (Å²) in [5.74, 6) is -1.47.